The Morgan fingerprint density at radius 1 is 1.40 bits per heavy atom. The lowest BCUT2D eigenvalue weighted by Gasteiger charge is -2.07. The molecule has 0 aromatic carbocycles. The molecule has 0 aromatic rings. The molecule has 0 heterocycles. The average molecular weight is 158 g/mol. The predicted molar refractivity (Wildman–Crippen MR) is 45.9 cm³/mol. The molecule has 0 atom stereocenters. The molecule has 0 bridgehead atoms. The molecule has 58 valence electrons. The van der Waals surface area contributed by atoms with E-state index in [4.69, 9.17) is 5.26 Å². The SMILES string of the molecule is CN(C)CCCCSC#N. The van der Waals surface area contributed by atoms with Crippen molar-refractivity contribution in [3.8, 4) is 5.40 Å². The zero-order valence-corrected chi connectivity index (χ0v) is 7.45. The Labute approximate surface area is 67.2 Å². The minimum atomic E-state index is 0.977. The maximum Gasteiger partial charge on any atom is 0.133 e. The first-order chi connectivity index (χ1) is 4.77. The Hall–Kier alpha value is -0.200. The summed E-state index contributed by atoms with van der Waals surface area (Å²) in [6.45, 7) is 1.13. The zero-order valence-electron chi connectivity index (χ0n) is 6.63. The van der Waals surface area contributed by atoms with Gasteiger partial charge < -0.3 is 4.90 Å². The fraction of sp³-hybridized carbons (Fsp3) is 0.857. The standard InChI is InChI=1S/C7H14N2S/c1-9(2)5-3-4-6-10-7-8/h3-6H2,1-2H3. The van der Waals surface area contributed by atoms with Gasteiger partial charge >= 0.3 is 0 Å². The van der Waals surface area contributed by atoms with E-state index in [2.05, 4.69) is 24.4 Å². The molecule has 10 heavy (non-hydrogen) atoms. The lowest BCUT2D eigenvalue weighted by Crippen LogP contribution is -2.12. The van der Waals surface area contributed by atoms with E-state index in [0.29, 0.717) is 0 Å². The Morgan fingerprint density at radius 3 is 2.60 bits per heavy atom. The van der Waals surface area contributed by atoms with Crippen molar-refractivity contribution in [3.63, 3.8) is 0 Å². The third-order valence-corrected chi connectivity index (χ3v) is 1.79. The van der Waals surface area contributed by atoms with E-state index in [1.807, 2.05) is 0 Å². The second kappa shape index (κ2) is 6.91. The van der Waals surface area contributed by atoms with Crippen molar-refractivity contribution in [2.45, 2.75) is 12.8 Å². The molecule has 3 heteroatoms. The summed E-state index contributed by atoms with van der Waals surface area (Å²) in [5.74, 6) is 0.977. The van der Waals surface area contributed by atoms with Crippen LogP contribution >= 0.6 is 11.8 Å². The smallest absolute Gasteiger partial charge is 0.133 e. The molecule has 0 fully saturated rings. The first-order valence-electron chi connectivity index (χ1n) is 3.43. The fourth-order valence-electron chi connectivity index (χ4n) is 0.648. The van der Waals surface area contributed by atoms with Crippen molar-refractivity contribution in [1.29, 1.82) is 5.26 Å². The van der Waals surface area contributed by atoms with Crippen molar-refractivity contribution >= 4 is 11.8 Å². The lowest BCUT2D eigenvalue weighted by molar-refractivity contribution is 0.399. The average Bonchev–Trinajstić information content (AvgIpc) is 1.87. The Balaban J connectivity index is 2.86. The summed E-state index contributed by atoms with van der Waals surface area (Å²) in [5.41, 5.74) is 0. The number of thioether (sulfide) groups is 1. The lowest BCUT2D eigenvalue weighted by atomic mass is 10.3. The van der Waals surface area contributed by atoms with Crippen LogP contribution in [0, 0.1) is 10.7 Å². The number of rotatable bonds is 5. The third-order valence-electron chi connectivity index (χ3n) is 1.17. The number of unbranched alkanes of at least 4 members (excludes halogenated alkanes) is 1. The van der Waals surface area contributed by atoms with Crippen LogP contribution in [0.15, 0.2) is 0 Å². The van der Waals surface area contributed by atoms with E-state index < -0.39 is 0 Å². The number of nitrogens with zero attached hydrogens (tertiary/aromatic N) is 2. The maximum absolute atomic E-state index is 8.18. The minimum Gasteiger partial charge on any atom is -0.309 e. The van der Waals surface area contributed by atoms with E-state index in [1.165, 1.54) is 18.2 Å². The van der Waals surface area contributed by atoms with Crippen LogP contribution in [0.25, 0.3) is 0 Å². The van der Waals surface area contributed by atoms with Gasteiger partial charge in [0, 0.05) is 5.75 Å². The highest BCUT2D eigenvalue weighted by molar-refractivity contribution is 8.03. The van der Waals surface area contributed by atoms with E-state index in [0.717, 1.165) is 18.7 Å². The monoisotopic (exact) mass is 158 g/mol. The highest BCUT2D eigenvalue weighted by atomic mass is 32.2. The molecule has 2 nitrogen and oxygen atoms in total. The van der Waals surface area contributed by atoms with Crippen LogP contribution in [0.4, 0.5) is 0 Å². The van der Waals surface area contributed by atoms with Crippen molar-refractivity contribution < 1.29 is 0 Å². The number of hydrogen-bond acceptors (Lipinski definition) is 3. The third kappa shape index (κ3) is 7.80. The largest absolute Gasteiger partial charge is 0.309 e. The van der Waals surface area contributed by atoms with E-state index in [-0.39, 0.29) is 0 Å². The van der Waals surface area contributed by atoms with Crippen molar-refractivity contribution in [1.82, 2.24) is 4.90 Å². The van der Waals surface area contributed by atoms with Crippen LogP contribution in [0.2, 0.25) is 0 Å². The van der Waals surface area contributed by atoms with Gasteiger partial charge in [-0.3, -0.25) is 0 Å². The Kier molecular flexibility index (Phi) is 6.78. The molecular weight excluding hydrogens is 144 g/mol. The van der Waals surface area contributed by atoms with Gasteiger partial charge in [0.25, 0.3) is 0 Å². The summed E-state index contributed by atoms with van der Waals surface area (Å²) in [6, 6.07) is 0. The highest BCUT2D eigenvalue weighted by Gasteiger charge is 1.90. The molecule has 0 spiro atoms. The first-order valence-corrected chi connectivity index (χ1v) is 4.41. The summed E-state index contributed by atoms with van der Waals surface area (Å²) in [6.07, 6.45) is 2.35. The Bertz CT molecular complexity index is 107. The summed E-state index contributed by atoms with van der Waals surface area (Å²) in [5, 5.41) is 10.2. The first kappa shape index (κ1) is 9.80. The van der Waals surface area contributed by atoms with Crippen LogP contribution in [0.3, 0.4) is 0 Å². The van der Waals surface area contributed by atoms with Crippen LogP contribution < -0.4 is 0 Å². The van der Waals surface area contributed by atoms with Crippen LogP contribution in [0.5, 0.6) is 0 Å². The fourth-order valence-corrected chi connectivity index (χ4v) is 1.09. The summed E-state index contributed by atoms with van der Waals surface area (Å²) >= 11 is 1.35. The topological polar surface area (TPSA) is 27.0 Å². The summed E-state index contributed by atoms with van der Waals surface area (Å²) < 4.78 is 0. The second-order valence-corrected chi connectivity index (χ2v) is 3.33. The summed E-state index contributed by atoms with van der Waals surface area (Å²) in [7, 11) is 4.13. The van der Waals surface area contributed by atoms with Gasteiger partial charge in [-0.25, -0.2) is 0 Å². The maximum atomic E-state index is 8.18. The van der Waals surface area contributed by atoms with Crippen molar-refractivity contribution in [2.75, 3.05) is 26.4 Å². The summed E-state index contributed by atoms with van der Waals surface area (Å²) in [4.78, 5) is 2.16. The molecule has 0 aliphatic rings. The molecule has 0 rings (SSSR count). The number of hydrogen-bond donors (Lipinski definition) is 0. The second-order valence-electron chi connectivity index (χ2n) is 2.45. The van der Waals surface area contributed by atoms with Gasteiger partial charge in [0.1, 0.15) is 5.40 Å². The molecule has 0 aliphatic carbocycles. The molecule has 0 saturated carbocycles. The van der Waals surface area contributed by atoms with Crippen LogP contribution in [-0.4, -0.2) is 31.3 Å². The number of nitriles is 1. The van der Waals surface area contributed by atoms with E-state index >= 15 is 0 Å². The normalized spacial score (nSPS) is 9.80. The van der Waals surface area contributed by atoms with Gasteiger partial charge in [0.05, 0.1) is 0 Å². The van der Waals surface area contributed by atoms with Crippen LogP contribution in [-0.2, 0) is 0 Å². The quantitative estimate of drug-likeness (QED) is 0.448. The molecule has 0 unspecified atom stereocenters. The zero-order chi connectivity index (χ0) is 7.82. The highest BCUT2D eigenvalue weighted by Crippen LogP contribution is 2.01. The van der Waals surface area contributed by atoms with Crippen molar-refractivity contribution in [3.05, 3.63) is 0 Å². The molecule has 0 aliphatic heterocycles. The molecular formula is C7H14N2S. The minimum absolute atomic E-state index is 0.977. The Morgan fingerprint density at radius 2 is 2.10 bits per heavy atom. The molecule has 0 N–H and O–H groups in total. The van der Waals surface area contributed by atoms with Gasteiger partial charge in [-0.2, -0.15) is 5.26 Å². The molecule has 0 saturated heterocycles. The van der Waals surface area contributed by atoms with E-state index in [1.54, 1.807) is 0 Å². The number of thiocyanates is 1. The van der Waals surface area contributed by atoms with Gasteiger partial charge in [-0.15, -0.1) is 0 Å². The van der Waals surface area contributed by atoms with Crippen LogP contribution in [0.1, 0.15) is 12.8 Å². The molecule has 0 aromatic heterocycles. The molecule has 0 amide bonds. The molecule has 0 radical (unpaired) electrons. The van der Waals surface area contributed by atoms with Gasteiger partial charge in [0.2, 0.25) is 0 Å². The van der Waals surface area contributed by atoms with Gasteiger partial charge in [0.15, 0.2) is 0 Å². The predicted octanol–water partition coefficient (Wildman–Crippen LogP) is 1.54. The van der Waals surface area contributed by atoms with E-state index in [9.17, 15) is 0 Å². The van der Waals surface area contributed by atoms with Gasteiger partial charge in [-0.1, -0.05) is 0 Å². The van der Waals surface area contributed by atoms with Gasteiger partial charge in [-0.05, 0) is 45.2 Å². The van der Waals surface area contributed by atoms with Crippen molar-refractivity contribution in [2.24, 2.45) is 0 Å².